The SMILES string of the molecule is CCOC(=O)CC(CF)CBr. The van der Waals surface area contributed by atoms with Gasteiger partial charge in [0.2, 0.25) is 0 Å². The summed E-state index contributed by atoms with van der Waals surface area (Å²) in [6, 6.07) is 0. The molecule has 1 unspecified atom stereocenters. The van der Waals surface area contributed by atoms with Crippen LogP contribution in [0.15, 0.2) is 0 Å². The Hall–Kier alpha value is -0.120. The van der Waals surface area contributed by atoms with Crippen LogP contribution in [0.3, 0.4) is 0 Å². The summed E-state index contributed by atoms with van der Waals surface area (Å²) in [4.78, 5) is 10.8. The molecule has 0 fully saturated rings. The van der Waals surface area contributed by atoms with Gasteiger partial charge in [0.25, 0.3) is 0 Å². The maximum absolute atomic E-state index is 12.0. The van der Waals surface area contributed by atoms with Gasteiger partial charge in [-0.1, -0.05) is 15.9 Å². The van der Waals surface area contributed by atoms with E-state index in [2.05, 4.69) is 20.7 Å². The first-order chi connectivity index (χ1) is 5.24. The van der Waals surface area contributed by atoms with Crippen LogP contribution in [0.25, 0.3) is 0 Å². The van der Waals surface area contributed by atoms with Gasteiger partial charge in [0, 0.05) is 11.2 Å². The average Bonchev–Trinajstić information content (AvgIpc) is 2.01. The summed E-state index contributed by atoms with van der Waals surface area (Å²) in [5.41, 5.74) is 0. The van der Waals surface area contributed by atoms with Crippen molar-refractivity contribution in [3.63, 3.8) is 0 Å². The third kappa shape index (κ3) is 5.18. The van der Waals surface area contributed by atoms with Crippen LogP contribution in [0, 0.1) is 5.92 Å². The van der Waals surface area contributed by atoms with Crippen molar-refractivity contribution in [3.05, 3.63) is 0 Å². The third-order valence-corrected chi connectivity index (χ3v) is 2.11. The molecule has 0 aromatic heterocycles. The van der Waals surface area contributed by atoms with Crippen molar-refractivity contribution >= 4 is 21.9 Å². The van der Waals surface area contributed by atoms with E-state index >= 15 is 0 Å². The second kappa shape index (κ2) is 6.58. The molecule has 0 N–H and O–H groups in total. The number of rotatable bonds is 5. The first kappa shape index (κ1) is 10.9. The molecule has 0 amide bonds. The molecule has 0 aliphatic heterocycles. The molecule has 0 saturated carbocycles. The van der Waals surface area contributed by atoms with Crippen LogP contribution >= 0.6 is 15.9 Å². The highest BCUT2D eigenvalue weighted by Crippen LogP contribution is 2.08. The molecule has 1 atom stereocenters. The van der Waals surface area contributed by atoms with Crippen LogP contribution in [0.2, 0.25) is 0 Å². The lowest BCUT2D eigenvalue weighted by atomic mass is 10.1. The van der Waals surface area contributed by atoms with E-state index in [0.29, 0.717) is 11.9 Å². The van der Waals surface area contributed by atoms with Gasteiger partial charge >= 0.3 is 5.97 Å². The monoisotopic (exact) mass is 226 g/mol. The lowest BCUT2D eigenvalue weighted by Crippen LogP contribution is -2.14. The number of hydrogen-bond donors (Lipinski definition) is 0. The van der Waals surface area contributed by atoms with Crippen LogP contribution in [-0.2, 0) is 9.53 Å². The summed E-state index contributed by atoms with van der Waals surface area (Å²) in [5, 5.41) is 0.502. The standard InChI is InChI=1S/C7H12BrFO2/c1-2-11-7(10)3-6(4-8)5-9/h6H,2-5H2,1H3. The topological polar surface area (TPSA) is 26.3 Å². The summed E-state index contributed by atoms with van der Waals surface area (Å²) < 4.78 is 16.7. The molecule has 0 heterocycles. The van der Waals surface area contributed by atoms with E-state index in [1.807, 2.05) is 0 Å². The minimum atomic E-state index is -0.482. The highest BCUT2D eigenvalue weighted by Gasteiger charge is 2.12. The summed E-state index contributed by atoms with van der Waals surface area (Å²) in [5.74, 6) is -0.566. The maximum atomic E-state index is 12.0. The second-order valence-corrected chi connectivity index (χ2v) is 2.83. The summed E-state index contributed by atoms with van der Waals surface area (Å²) >= 11 is 3.11. The van der Waals surface area contributed by atoms with Gasteiger partial charge in [0.15, 0.2) is 0 Å². The van der Waals surface area contributed by atoms with Gasteiger partial charge in [-0.25, -0.2) is 0 Å². The van der Waals surface area contributed by atoms with E-state index in [9.17, 15) is 9.18 Å². The predicted octanol–water partition coefficient (Wildman–Crippen LogP) is 1.92. The maximum Gasteiger partial charge on any atom is 0.306 e. The summed E-state index contributed by atoms with van der Waals surface area (Å²) in [6.07, 6.45) is 0.162. The Morgan fingerprint density at radius 2 is 2.36 bits per heavy atom. The number of carbonyl (C=O) groups excluding carboxylic acids is 1. The summed E-state index contributed by atoms with van der Waals surface area (Å²) in [6.45, 7) is 1.61. The third-order valence-electron chi connectivity index (χ3n) is 1.20. The van der Waals surface area contributed by atoms with Crippen LogP contribution in [-0.4, -0.2) is 24.6 Å². The van der Waals surface area contributed by atoms with Crippen molar-refractivity contribution in [2.24, 2.45) is 5.92 Å². The van der Waals surface area contributed by atoms with Gasteiger partial charge in [0.1, 0.15) is 0 Å². The Morgan fingerprint density at radius 1 is 1.73 bits per heavy atom. The van der Waals surface area contributed by atoms with Crippen molar-refractivity contribution in [2.75, 3.05) is 18.6 Å². The highest BCUT2D eigenvalue weighted by molar-refractivity contribution is 9.09. The lowest BCUT2D eigenvalue weighted by molar-refractivity contribution is -0.144. The van der Waals surface area contributed by atoms with E-state index < -0.39 is 6.67 Å². The fraction of sp³-hybridized carbons (Fsp3) is 0.857. The molecule has 0 aliphatic carbocycles. The zero-order valence-corrected chi connectivity index (χ0v) is 8.06. The molecule has 2 nitrogen and oxygen atoms in total. The van der Waals surface area contributed by atoms with Crippen LogP contribution < -0.4 is 0 Å². The molecular weight excluding hydrogens is 215 g/mol. The first-order valence-electron chi connectivity index (χ1n) is 3.52. The molecule has 0 rings (SSSR count). The Bertz CT molecular complexity index is 115. The molecule has 0 bridgehead atoms. The highest BCUT2D eigenvalue weighted by atomic mass is 79.9. The molecule has 0 radical (unpaired) electrons. The largest absolute Gasteiger partial charge is 0.466 e. The van der Waals surface area contributed by atoms with Crippen LogP contribution in [0.1, 0.15) is 13.3 Å². The van der Waals surface area contributed by atoms with Crippen molar-refractivity contribution in [3.8, 4) is 0 Å². The van der Waals surface area contributed by atoms with E-state index in [1.165, 1.54) is 0 Å². The van der Waals surface area contributed by atoms with Crippen LogP contribution in [0.4, 0.5) is 4.39 Å². The van der Waals surface area contributed by atoms with E-state index in [4.69, 9.17) is 0 Å². The fourth-order valence-corrected chi connectivity index (χ4v) is 1.01. The predicted molar refractivity (Wildman–Crippen MR) is 44.5 cm³/mol. The van der Waals surface area contributed by atoms with Crippen molar-refractivity contribution in [1.29, 1.82) is 0 Å². The Morgan fingerprint density at radius 3 is 2.73 bits per heavy atom. The van der Waals surface area contributed by atoms with E-state index in [0.717, 1.165) is 0 Å². The van der Waals surface area contributed by atoms with E-state index in [-0.39, 0.29) is 18.3 Å². The number of esters is 1. The van der Waals surface area contributed by atoms with Gasteiger partial charge in [0.05, 0.1) is 19.7 Å². The Kier molecular flexibility index (Phi) is 6.51. The van der Waals surface area contributed by atoms with Gasteiger partial charge in [-0.2, -0.15) is 0 Å². The Balaban J connectivity index is 3.54. The number of alkyl halides is 2. The fourth-order valence-electron chi connectivity index (χ4n) is 0.606. The van der Waals surface area contributed by atoms with E-state index in [1.54, 1.807) is 6.92 Å². The number of ether oxygens (including phenoxy) is 1. The molecule has 0 aromatic rings. The second-order valence-electron chi connectivity index (χ2n) is 2.18. The lowest BCUT2D eigenvalue weighted by Gasteiger charge is -2.07. The van der Waals surface area contributed by atoms with Gasteiger partial charge < -0.3 is 4.74 Å². The molecule has 4 heteroatoms. The number of hydrogen-bond acceptors (Lipinski definition) is 2. The number of carbonyl (C=O) groups is 1. The Labute approximate surface area is 74.2 Å². The molecule has 0 saturated heterocycles. The van der Waals surface area contributed by atoms with Crippen molar-refractivity contribution in [2.45, 2.75) is 13.3 Å². The molecule has 66 valence electrons. The van der Waals surface area contributed by atoms with Crippen molar-refractivity contribution < 1.29 is 13.9 Å². The molecule has 0 aromatic carbocycles. The normalized spacial score (nSPS) is 12.6. The average molecular weight is 227 g/mol. The minimum absolute atomic E-state index is 0.162. The quantitative estimate of drug-likeness (QED) is 0.529. The van der Waals surface area contributed by atoms with Gasteiger partial charge in [-0.15, -0.1) is 0 Å². The van der Waals surface area contributed by atoms with Gasteiger partial charge in [-0.3, -0.25) is 9.18 Å². The first-order valence-corrected chi connectivity index (χ1v) is 4.64. The minimum Gasteiger partial charge on any atom is -0.466 e. The van der Waals surface area contributed by atoms with Crippen molar-refractivity contribution in [1.82, 2.24) is 0 Å². The number of halogens is 2. The molecule has 11 heavy (non-hydrogen) atoms. The molecular formula is C7H12BrFO2. The zero-order chi connectivity index (χ0) is 8.69. The smallest absolute Gasteiger partial charge is 0.306 e. The van der Waals surface area contributed by atoms with Crippen LogP contribution in [0.5, 0.6) is 0 Å². The molecule has 0 spiro atoms. The van der Waals surface area contributed by atoms with Gasteiger partial charge in [-0.05, 0) is 6.92 Å². The summed E-state index contributed by atoms with van der Waals surface area (Å²) in [7, 11) is 0. The zero-order valence-electron chi connectivity index (χ0n) is 6.48. The molecule has 0 aliphatic rings.